The molecule has 5 atom stereocenters. The van der Waals surface area contributed by atoms with E-state index < -0.39 is 0 Å². The molecular formula is C19H38N2O2. The summed E-state index contributed by atoms with van der Waals surface area (Å²) in [6.45, 7) is 20.1. The third-order valence-electron chi connectivity index (χ3n) is 5.98. The van der Waals surface area contributed by atoms with Gasteiger partial charge < -0.3 is 9.47 Å². The van der Waals surface area contributed by atoms with Crippen LogP contribution < -0.4 is 0 Å². The Hall–Kier alpha value is -0.160. The monoisotopic (exact) mass is 326 g/mol. The first kappa shape index (κ1) is 19.2. The summed E-state index contributed by atoms with van der Waals surface area (Å²) in [5, 5.41) is 0. The van der Waals surface area contributed by atoms with Crippen LogP contribution in [0.3, 0.4) is 0 Å². The molecule has 0 N–H and O–H groups in total. The number of morpholine rings is 2. The molecule has 2 heterocycles. The molecule has 0 aromatic carbocycles. The maximum Gasteiger partial charge on any atom is 0.0709 e. The normalized spacial score (nSPS) is 32.0. The van der Waals surface area contributed by atoms with Crippen molar-refractivity contribution in [2.75, 3.05) is 39.4 Å². The van der Waals surface area contributed by atoms with Gasteiger partial charge in [0, 0.05) is 38.3 Å². The van der Waals surface area contributed by atoms with Crippen molar-refractivity contribution < 1.29 is 9.47 Å². The molecule has 0 spiro atoms. The quantitative estimate of drug-likeness (QED) is 0.749. The summed E-state index contributed by atoms with van der Waals surface area (Å²) in [6.07, 6.45) is 1.88. The number of hydrogen-bond acceptors (Lipinski definition) is 4. The summed E-state index contributed by atoms with van der Waals surface area (Å²) in [7, 11) is 0. The van der Waals surface area contributed by atoms with E-state index in [9.17, 15) is 0 Å². The summed E-state index contributed by atoms with van der Waals surface area (Å²) >= 11 is 0. The molecule has 0 aromatic heterocycles. The Kier molecular flexibility index (Phi) is 7.33. The van der Waals surface area contributed by atoms with Crippen molar-refractivity contribution in [3.63, 3.8) is 0 Å². The van der Waals surface area contributed by atoms with Gasteiger partial charge in [-0.05, 0) is 39.0 Å². The number of hydrogen-bond donors (Lipinski definition) is 0. The molecule has 0 aliphatic carbocycles. The molecule has 0 radical (unpaired) electrons. The van der Waals surface area contributed by atoms with E-state index in [1.165, 1.54) is 0 Å². The SMILES string of the molecule is CC(C)C(C)N1CC(CC(C)C(C)N2CCOCC2)O[C@@H](C)C1. The minimum absolute atomic E-state index is 0.348. The van der Waals surface area contributed by atoms with Crippen LogP contribution in [0.1, 0.15) is 48.0 Å². The van der Waals surface area contributed by atoms with Gasteiger partial charge in [0.1, 0.15) is 0 Å². The Balaban J connectivity index is 1.87. The summed E-state index contributed by atoms with van der Waals surface area (Å²) in [5.41, 5.74) is 0. The van der Waals surface area contributed by atoms with Crippen molar-refractivity contribution in [3.05, 3.63) is 0 Å². The first-order valence-electron chi connectivity index (χ1n) is 9.59. The zero-order valence-electron chi connectivity index (χ0n) is 16.1. The standard InChI is InChI=1S/C19H38N2O2/c1-14(2)17(5)21-12-16(4)23-19(13-21)11-15(3)18(6)20-7-9-22-10-8-20/h14-19H,7-13H2,1-6H3/t15?,16-,17?,18?,19?/m0/s1. The van der Waals surface area contributed by atoms with Crippen molar-refractivity contribution >= 4 is 0 Å². The molecule has 136 valence electrons. The molecule has 4 unspecified atom stereocenters. The van der Waals surface area contributed by atoms with Gasteiger partial charge in [0.2, 0.25) is 0 Å². The van der Waals surface area contributed by atoms with Gasteiger partial charge >= 0.3 is 0 Å². The van der Waals surface area contributed by atoms with E-state index in [1.54, 1.807) is 0 Å². The molecule has 2 aliphatic heterocycles. The van der Waals surface area contributed by atoms with Crippen LogP contribution in [-0.2, 0) is 9.47 Å². The van der Waals surface area contributed by atoms with E-state index in [0.717, 1.165) is 45.8 Å². The van der Waals surface area contributed by atoms with Crippen LogP contribution in [0.15, 0.2) is 0 Å². The molecule has 4 heteroatoms. The summed E-state index contributed by atoms with van der Waals surface area (Å²) in [5.74, 6) is 1.35. The largest absolute Gasteiger partial charge is 0.379 e. The van der Waals surface area contributed by atoms with Crippen molar-refractivity contribution in [2.24, 2.45) is 11.8 Å². The summed E-state index contributed by atoms with van der Waals surface area (Å²) in [6, 6.07) is 1.24. The lowest BCUT2D eigenvalue weighted by Crippen LogP contribution is -2.52. The molecule has 2 saturated heterocycles. The van der Waals surface area contributed by atoms with Crippen LogP contribution in [0.4, 0.5) is 0 Å². The van der Waals surface area contributed by atoms with E-state index in [-0.39, 0.29) is 0 Å². The number of nitrogens with zero attached hydrogens (tertiary/aromatic N) is 2. The zero-order chi connectivity index (χ0) is 17.0. The maximum atomic E-state index is 6.27. The second-order valence-electron chi connectivity index (χ2n) is 8.11. The van der Waals surface area contributed by atoms with E-state index in [1.807, 2.05) is 0 Å². The number of ether oxygens (including phenoxy) is 2. The molecule has 0 amide bonds. The van der Waals surface area contributed by atoms with Crippen LogP contribution in [0, 0.1) is 11.8 Å². The van der Waals surface area contributed by atoms with Crippen molar-refractivity contribution in [1.82, 2.24) is 9.80 Å². The average molecular weight is 327 g/mol. The summed E-state index contributed by atoms with van der Waals surface area (Å²) in [4.78, 5) is 5.21. The maximum absolute atomic E-state index is 6.27. The molecule has 4 nitrogen and oxygen atoms in total. The van der Waals surface area contributed by atoms with Crippen LogP contribution >= 0.6 is 0 Å². The Morgan fingerprint density at radius 2 is 1.57 bits per heavy atom. The third-order valence-corrected chi connectivity index (χ3v) is 5.98. The van der Waals surface area contributed by atoms with Crippen molar-refractivity contribution in [1.29, 1.82) is 0 Å². The fourth-order valence-corrected chi connectivity index (χ4v) is 3.92. The fourth-order valence-electron chi connectivity index (χ4n) is 3.92. The van der Waals surface area contributed by atoms with Gasteiger partial charge in [-0.25, -0.2) is 0 Å². The highest BCUT2D eigenvalue weighted by atomic mass is 16.5. The Bertz CT molecular complexity index is 344. The van der Waals surface area contributed by atoms with Crippen LogP contribution in [0.2, 0.25) is 0 Å². The molecule has 2 rings (SSSR count). The molecule has 0 aromatic rings. The van der Waals surface area contributed by atoms with E-state index >= 15 is 0 Å². The van der Waals surface area contributed by atoms with Crippen molar-refractivity contribution in [2.45, 2.75) is 72.3 Å². The highest BCUT2D eigenvalue weighted by Gasteiger charge is 2.32. The zero-order valence-corrected chi connectivity index (χ0v) is 16.1. The highest BCUT2D eigenvalue weighted by Crippen LogP contribution is 2.25. The minimum atomic E-state index is 0.348. The number of rotatable bonds is 6. The van der Waals surface area contributed by atoms with Gasteiger partial charge in [-0.1, -0.05) is 20.8 Å². The molecule has 2 fully saturated rings. The van der Waals surface area contributed by atoms with Gasteiger partial charge in [-0.3, -0.25) is 9.80 Å². The molecule has 0 saturated carbocycles. The van der Waals surface area contributed by atoms with Crippen LogP contribution in [0.5, 0.6) is 0 Å². The third kappa shape index (κ3) is 5.42. The molecule has 2 aliphatic rings. The highest BCUT2D eigenvalue weighted by molar-refractivity contribution is 4.84. The van der Waals surface area contributed by atoms with Crippen LogP contribution in [0.25, 0.3) is 0 Å². The molecule has 0 bridgehead atoms. The smallest absolute Gasteiger partial charge is 0.0709 e. The second-order valence-corrected chi connectivity index (χ2v) is 8.11. The first-order chi connectivity index (χ1) is 10.9. The van der Waals surface area contributed by atoms with Gasteiger partial charge in [-0.15, -0.1) is 0 Å². The fraction of sp³-hybridized carbons (Fsp3) is 1.00. The summed E-state index contributed by atoms with van der Waals surface area (Å²) < 4.78 is 11.8. The van der Waals surface area contributed by atoms with Crippen LogP contribution in [-0.4, -0.2) is 73.5 Å². The van der Waals surface area contributed by atoms with Gasteiger partial charge in [0.15, 0.2) is 0 Å². The van der Waals surface area contributed by atoms with Gasteiger partial charge in [-0.2, -0.15) is 0 Å². The predicted molar refractivity (Wildman–Crippen MR) is 95.8 cm³/mol. The van der Waals surface area contributed by atoms with Gasteiger partial charge in [0.25, 0.3) is 0 Å². The van der Waals surface area contributed by atoms with Gasteiger partial charge in [0.05, 0.1) is 25.4 Å². The Morgan fingerprint density at radius 1 is 0.913 bits per heavy atom. The molecular weight excluding hydrogens is 288 g/mol. The second kappa shape index (κ2) is 8.80. The lowest BCUT2D eigenvalue weighted by Gasteiger charge is -2.43. The van der Waals surface area contributed by atoms with E-state index in [0.29, 0.717) is 36.1 Å². The Morgan fingerprint density at radius 3 is 2.17 bits per heavy atom. The predicted octanol–water partition coefficient (Wildman–Crippen LogP) is 2.87. The topological polar surface area (TPSA) is 24.9 Å². The van der Waals surface area contributed by atoms with E-state index in [4.69, 9.17) is 9.47 Å². The average Bonchev–Trinajstić information content (AvgIpc) is 2.53. The lowest BCUT2D eigenvalue weighted by atomic mass is 9.93. The minimum Gasteiger partial charge on any atom is -0.379 e. The van der Waals surface area contributed by atoms with E-state index in [2.05, 4.69) is 51.3 Å². The lowest BCUT2D eigenvalue weighted by molar-refractivity contribution is -0.102. The molecule has 23 heavy (non-hydrogen) atoms. The first-order valence-corrected chi connectivity index (χ1v) is 9.59. The van der Waals surface area contributed by atoms with Crippen molar-refractivity contribution in [3.8, 4) is 0 Å². The Labute approximate surface area is 143 Å².